The lowest BCUT2D eigenvalue weighted by Gasteiger charge is -2.26. The molecule has 2 heterocycles. The average molecular weight is 279 g/mol. The molecule has 0 spiro atoms. The lowest BCUT2D eigenvalue weighted by molar-refractivity contribution is 0.214. The van der Waals surface area contributed by atoms with Gasteiger partial charge in [0.1, 0.15) is 0 Å². The molecule has 1 N–H and O–H groups in total. The molecule has 1 aromatic heterocycles. The van der Waals surface area contributed by atoms with E-state index in [9.17, 15) is 0 Å². The predicted molar refractivity (Wildman–Crippen MR) is 81.3 cm³/mol. The molecule has 114 valence electrons. The second kappa shape index (κ2) is 6.27. The first kappa shape index (κ1) is 15.5. The summed E-state index contributed by atoms with van der Waals surface area (Å²) >= 11 is 0. The molecule has 0 saturated carbocycles. The molecule has 0 aromatic carbocycles. The number of rotatable bonds is 5. The Kier molecular flexibility index (Phi) is 4.86. The van der Waals surface area contributed by atoms with Crippen molar-refractivity contribution in [2.75, 3.05) is 13.1 Å². The lowest BCUT2D eigenvalue weighted by Crippen LogP contribution is -2.25. The Balaban J connectivity index is 1.83. The highest BCUT2D eigenvalue weighted by molar-refractivity contribution is 5.05. The van der Waals surface area contributed by atoms with Crippen LogP contribution in [0.1, 0.15) is 52.5 Å². The van der Waals surface area contributed by atoms with Crippen LogP contribution in [0.25, 0.3) is 0 Å². The summed E-state index contributed by atoms with van der Waals surface area (Å²) in [7, 11) is 0. The van der Waals surface area contributed by atoms with Crippen molar-refractivity contribution in [2.24, 2.45) is 11.3 Å². The van der Waals surface area contributed by atoms with Gasteiger partial charge in [-0.1, -0.05) is 39.8 Å². The summed E-state index contributed by atoms with van der Waals surface area (Å²) in [6, 6.07) is 2.56. The summed E-state index contributed by atoms with van der Waals surface area (Å²) in [5, 5.41) is 7.49. The van der Waals surface area contributed by atoms with Crippen LogP contribution in [0, 0.1) is 11.3 Å². The van der Waals surface area contributed by atoms with Crippen LogP contribution in [0.15, 0.2) is 10.6 Å². The fraction of sp³-hybridized carbons (Fsp3) is 0.812. The van der Waals surface area contributed by atoms with E-state index < -0.39 is 0 Å². The molecular weight excluding hydrogens is 250 g/mol. The van der Waals surface area contributed by atoms with Crippen LogP contribution in [0.2, 0.25) is 0 Å². The Morgan fingerprint density at radius 2 is 2.20 bits per heavy atom. The zero-order valence-corrected chi connectivity index (χ0v) is 13.6. The summed E-state index contributed by atoms with van der Waals surface area (Å²) in [5.41, 5.74) is 1.41. The van der Waals surface area contributed by atoms with E-state index in [1.807, 2.05) is 0 Å². The van der Waals surface area contributed by atoms with Crippen LogP contribution in [0.5, 0.6) is 0 Å². The van der Waals surface area contributed by atoms with Crippen molar-refractivity contribution in [1.82, 2.24) is 15.4 Å². The fourth-order valence-electron chi connectivity index (χ4n) is 2.73. The zero-order valence-electron chi connectivity index (χ0n) is 13.6. The molecule has 0 aliphatic carbocycles. The van der Waals surface area contributed by atoms with E-state index in [1.165, 1.54) is 19.5 Å². The van der Waals surface area contributed by atoms with Crippen molar-refractivity contribution < 1.29 is 4.52 Å². The van der Waals surface area contributed by atoms with Crippen molar-refractivity contribution in [3.63, 3.8) is 0 Å². The molecule has 2 rings (SSSR count). The molecule has 0 amide bonds. The van der Waals surface area contributed by atoms with Crippen LogP contribution in [0.4, 0.5) is 0 Å². The first-order chi connectivity index (χ1) is 9.34. The normalized spacial score (nSPS) is 21.0. The summed E-state index contributed by atoms with van der Waals surface area (Å²) < 4.78 is 5.45. The number of likely N-dealkylation sites (tertiary alicyclic amines) is 1. The van der Waals surface area contributed by atoms with Crippen molar-refractivity contribution in [3.05, 3.63) is 17.5 Å². The number of hydrogen-bond acceptors (Lipinski definition) is 4. The maximum Gasteiger partial charge on any atom is 0.151 e. The van der Waals surface area contributed by atoms with Gasteiger partial charge in [-0.3, -0.25) is 4.90 Å². The fourth-order valence-corrected chi connectivity index (χ4v) is 2.73. The van der Waals surface area contributed by atoms with E-state index in [2.05, 4.69) is 56.1 Å². The summed E-state index contributed by atoms with van der Waals surface area (Å²) in [5.74, 6) is 1.77. The van der Waals surface area contributed by atoms with E-state index in [4.69, 9.17) is 4.52 Å². The van der Waals surface area contributed by atoms with Crippen LogP contribution >= 0.6 is 0 Å². The molecule has 4 heteroatoms. The molecular formula is C16H29N3O. The third-order valence-corrected chi connectivity index (χ3v) is 4.18. The number of nitrogens with one attached hydrogen (secondary N) is 1. The Hall–Kier alpha value is -0.870. The molecule has 4 nitrogen and oxygen atoms in total. The van der Waals surface area contributed by atoms with Gasteiger partial charge in [0.25, 0.3) is 0 Å². The van der Waals surface area contributed by atoms with Gasteiger partial charge in [0, 0.05) is 25.2 Å². The molecule has 1 aliphatic rings. The van der Waals surface area contributed by atoms with Gasteiger partial charge in [-0.2, -0.15) is 0 Å². The highest BCUT2D eigenvalue weighted by atomic mass is 16.5. The Morgan fingerprint density at radius 3 is 2.80 bits per heavy atom. The molecule has 0 bridgehead atoms. The van der Waals surface area contributed by atoms with Crippen molar-refractivity contribution in [2.45, 2.75) is 60.2 Å². The largest absolute Gasteiger partial charge is 0.360 e. The summed E-state index contributed by atoms with van der Waals surface area (Å²) in [4.78, 5) is 2.48. The first-order valence-corrected chi connectivity index (χ1v) is 7.75. The van der Waals surface area contributed by atoms with Crippen molar-refractivity contribution in [1.29, 1.82) is 0 Å². The van der Waals surface area contributed by atoms with E-state index in [1.54, 1.807) is 0 Å². The third kappa shape index (κ3) is 4.32. The molecule has 1 fully saturated rings. The molecule has 1 unspecified atom stereocenters. The van der Waals surface area contributed by atoms with Crippen molar-refractivity contribution in [3.8, 4) is 0 Å². The van der Waals surface area contributed by atoms with Gasteiger partial charge in [0.05, 0.1) is 12.2 Å². The lowest BCUT2D eigenvalue weighted by atomic mass is 9.80. The minimum Gasteiger partial charge on any atom is -0.360 e. The monoisotopic (exact) mass is 279 g/mol. The zero-order chi connectivity index (χ0) is 14.8. The first-order valence-electron chi connectivity index (χ1n) is 7.75. The predicted octanol–water partition coefficient (Wildman–Crippen LogP) is 3.04. The minimum absolute atomic E-state index is 0.405. The molecule has 1 atom stereocenters. The molecule has 0 radical (unpaired) electrons. The Labute approximate surface area is 122 Å². The van der Waals surface area contributed by atoms with Gasteiger partial charge < -0.3 is 9.84 Å². The maximum atomic E-state index is 5.45. The maximum absolute atomic E-state index is 5.45. The number of aromatic nitrogens is 1. The topological polar surface area (TPSA) is 41.3 Å². The second-order valence-corrected chi connectivity index (χ2v) is 7.41. The quantitative estimate of drug-likeness (QED) is 0.899. The average Bonchev–Trinajstić information content (AvgIpc) is 2.95. The van der Waals surface area contributed by atoms with Crippen LogP contribution < -0.4 is 5.32 Å². The van der Waals surface area contributed by atoms with Crippen molar-refractivity contribution >= 4 is 0 Å². The Morgan fingerprint density at radius 1 is 1.45 bits per heavy atom. The molecule has 1 aromatic rings. The SMILES string of the molecule is CC(C)NCc1cc(CN2CCC(C(C)(C)C)C2)on1. The number of nitrogens with zero attached hydrogens (tertiary/aromatic N) is 2. The summed E-state index contributed by atoms with van der Waals surface area (Å²) in [6.45, 7) is 15.3. The van der Waals surface area contributed by atoms with E-state index in [0.717, 1.165) is 30.5 Å². The van der Waals surface area contributed by atoms with E-state index in [-0.39, 0.29) is 0 Å². The van der Waals surface area contributed by atoms with Gasteiger partial charge in [-0.05, 0) is 24.3 Å². The van der Waals surface area contributed by atoms with Crippen LogP contribution in [-0.2, 0) is 13.1 Å². The van der Waals surface area contributed by atoms with Crippen LogP contribution in [-0.4, -0.2) is 29.2 Å². The van der Waals surface area contributed by atoms with Crippen LogP contribution in [0.3, 0.4) is 0 Å². The van der Waals surface area contributed by atoms with Gasteiger partial charge >= 0.3 is 0 Å². The smallest absolute Gasteiger partial charge is 0.151 e. The molecule has 1 aliphatic heterocycles. The standard InChI is InChI=1S/C16H29N3O/c1-12(2)17-9-14-8-15(20-18-14)11-19-7-6-13(10-19)16(3,4)5/h8,12-13,17H,6-7,9-11H2,1-5H3. The highest BCUT2D eigenvalue weighted by Gasteiger charge is 2.31. The third-order valence-electron chi connectivity index (χ3n) is 4.18. The van der Waals surface area contributed by atoms with Gasteiger partial charge in [-0.15, -0.1) is 0 Å². The highest BCUT2D eigenvalue weighted by Crippen LogP contribution is 2.34. The minimum atomic E-state index is 0.405. The summed E-state index contributed by atoms with van der Waals surface area (Å²) in [6.07, 6.45) is 1.29. The van der Waals surface area contributed by atoms with Gasteiger partial charge in [-0.25, -0.2) is 0 Å². The van der Waals surface area contributed by atoms with E-state index >= 15 is 0 Å². The van der Waals surface area contributed by atoms with Gasteiger partial charge in [0.2, 0.25) is 0 Å². The molecule has 1 saturated heterocycles. The van der Waals surface area contributed by atoms with E-state index in [0.29, 0.717) is 11.5 Å². The Bertz CT molecular complexity index is 420. The number of hydrogen-bond donors (Lipinski definition) is 1. The van der Waals surface area contributed by atoms with Gasteiger partial charge in [0.15, 0.2) is 5.76 Å². The second-order valence-electron chi connectivity index (χ2n) is 7.41. The molecule has 20 heavy (non-hydrogen) atoms.